The number of anilines is 1. The summed E-state index contributed by atoms with van der Waals surface area (Å²) >= 11 is 0. The highest BCUT2D eigenvalue weighted by molar-refractivity contribution is 5.62. The maximum absolute atomic E-state index is 12.1. The maximum atomic E-state index is 12.1. The van der Waals surface area contributed by atoms with Crippen LogP contribution in [0.4, 0.5) is 5.69 Å². The molecule has 1 saturated heterocycles. The van der Waals surface area contributed by atoms with Crippen LogP contribution in [0.1, 0.15) is 30.7 Å². The summed E-state index contributed by atoms with van der Waals surface area (Å²) in [5, 5.41) is 13.2. The lowest BCUT2D eigenvalue weighted by molar-refractivity contribution is 0.207. The number of hydrogen-bond donors (Lipinski definition) is 3. The number of nitrogens with two attached hydrogens (primary N) is 1. The molecule has 3 unspecified atom stereocenters. The second kappa shape index (κ2) is 6.96. The van der Waals surface area contributed by atoms with Gasteiger partial charge in [-0.25, -0.2) is 10.6 Å². The molecule has 0 spiro atoms. The molecule has 0 bridgehead atoms. The van der Waals surface area contributed by atoms with Gasteiger partial charge in [0.1, 0.15) is 5.54 Å². The van der Waals surface area contributed by atoms with Gasteiger partial charge in [0.2, 0.25) is 5.89 Å². The number of rotatable bonds is 5. The third-order valence-electron chi connectivity index (χ3n) is 5.77. The van der Waals surface area contributed by atoms with E-state index in [2.05, 4.69) is 40.5 Å². The first kappa shape index (κ1) is 18.5. The van der Waals surface area contributed by atoms with Gasteiger partial charge in [0.15, 0.2) is 0 Å². The highest BCUT2D eigenvalue weighted by atomic mass is 16.4. The molecule has 0 aliphatic carbocycles. The van der Waals surface area contributed by atoms with Crippen LogP contribution in [0.5, 0.6) is 0 Å². The summed E-state index contributed by atoms with van der Waals surface area (Å²) in [7, 11) is 1.58. The zero-order valence-electron chi connectivity index (χ0n) is 16.2. The van der Waals surface area contributed by atoms with Gasteiger partial charge < -0.3 is 14.7 Å². The molecule has 1 aromatic heterocycles. The lowest BCUT2D eigenvalue weighted by Crippen LogP contribution is -2.60. The monoisotopic (exact) mass is 382 g/mol. The van der Waals surface area contributed by atoms with Crippen LogP contribution >= 0.6 is 0 Å². The fraction of sp³-hybridized carbons (Fsp3) is 0.400. The van der Waals surface area contributed by atoms with Crippen molar-refractivity contribution < 1.29 is 4.42 Å². The van der Waals surface area contributed by atoms with Crippen molar-refractivity contribution in [1.82, 2.24) is 20.1 Å². The number of aromatic nitrogens is 2. The summed E-state index contributed by atoms with van der Waals surface area (Å²) in [6, 6.07) is 8.19. The molecular weight excluding hydrogens is 356 g/mol. The van der Waals surface area contributed by atoms with Crippen LogP contribution in [0.25, 0.3) is 0 Å². The Hall–Kier alpha value is -2.84. The average molecular weight is 382 g/mol. The number of benzene rings is 1. The van der Waals surface area contributed by atoms with Crippen LogP contribution in [0, 0.1) is 0 Å². The Morgan fingerprint density at radius 2 is 2.32 bits per heavy atom. The van der Waals surface area contributed by atoms with Crippen molar-refractivity contribution in [1.29, 1.82) is 0 Å². The molecule has 3 atom stereocenters. The van der Waals surface area contributed by atoms with Crippen LogP contribution in [0.3, 0.4) is 0 Å². The smallest absolute Gasteiger partial charge is 0.390 e. The van der Waals surface area contributed by atoms with E-state index in [4.69, 9.17) is 10.3 Å². The van der Waals surface area contributed by atoms with Crippen molar-refractivity contribution in [2.24, 2.45) is 12.9 Å². The minimum atomic E-state index is -0.878. The number of aryl methyl sites for hydroxylation is 1. The average Bonchev–Trinajstić information content (AvgIpc) is 3.26. The van der Waals surface area contributed by atoms with E-state index in [1.807, 2.05) is 19.2 Å². The Labute approximate surface area is 163 Å². The molecule has 2 aromatic rings. The van der Waals surface area contributed by atoms with E-state index in [0.717, 1.165) is 24.2 Å². The minimum Gasteiger partial charge on any atom is -0.390 e. The van der Waals surface area contributed by atoms with Crippen molar-refractivity contribution in [3.05, 3.63) is 70.7 Å². The summed E-state index contributed by atoms with van der Waals surface area (Å²) in [6.45, 7) is 7.34. The Bertz CT molecular complexity index is 977. The molecule has 1 aromatic carbocycles. The number of hydrogen-bond acceptors (Lipinski definition) is 7. The van der Waals surface area contributed by atoms with Gasteiger partial charge in [-0.2, -0.15) is 4.68 Å². The predicted molar refractivity (Wildman–Crippen MR) is 107 cm³/mol. The predicted octanol–water partition coefficient (Wildman–Crippen LogP) is 1.41. The van der Waals surface area contributed by atoms with Crippen LogP contribution in [-0.2, 0) is 12.6 Å². The van der Waals surface area contributed by atoms with E-state index >= 15 is 0 Å². The highest BCUT2D eigenvalue weighted by Crippen LogP contribution is 2.49. The second-order valence-electron chi connectivity index (χ2n) is 7.25. The van der Waals surface area contributed by atoms with E-state index in [-0.39, 0.29) is 12.0 Å². The summed E-state index contributed by atoms with van der Waals surface area (Å²) in [5.41, 5.74) is 2.28. The van der Waals surface area contributed by atoms with E-state index in [0.29, 0.717) is 12.4 Å². The van der Waals surface area contributed by atoms with Crippen LogP contribution < -0.4 is 22.2 Å². The molecule has 148 valence electrons. The van der Waals surface area contributed by atoms with Crippen LogP contribution in [0.2, 0.25) is 0 Å². The Kier molecular flexibility index (Phi) is 4.60. The first-order chi connectivity index (χ1) is 13.5. The number of para-hydroxylation sites is 1. The standard InChI is InChI=1S/C20H26N6O2/c1-4-13(12-26(21)5-2)20(18-24-25(3)19(27)28-18)17-15(10-11-22-20)14-8-6-7-9-16(14)23-17/h4,6-9,12,15,17,22-23H,1,5,10-11,21H2,2-3H3/b13-12+. The van der Waals surface area contributed by atoms with Gasteiger partial charge >= 0.3 is 5.76 Å². The normalized spacial score (nSPS) is 26.3. The molecule has 1 fully saturated rings. The fourth-order valence-electron chi connectivity index (χ4n) is 4.37. The minimum absolute atomic E-state index is 0.105. The van der Waals surface area contributed by atoms with Gasteiger partial charge in [-0.15, -0.1) is 5.10 Å². The number of nitrogens with one attached hydrogen (secondary N) is 2. The van der Waals surface area contributed by atoms with Gasteiger partial charge in [-0.05, 0) is 31.5 Å². The largest absolute Gasteiger partial charge is 0.436 e. The molecule has 0 amide bonds. The SMILES string of the molecule is C=C/C(=C\N(N)CC)C1(c2nn(C)c(=O)o2)NCCC2c3ccccc3NC21. The van der Waals surface area contributed by atoms with Crippen molar-refractivity contribution in [2.45, 2.75) is 30.8 Å². The lowest BCUT2D eigenvalue weighted by Gasteiger charge is -2.45. The van der Waals surface area contributed by atoms with Crippen molar-refractivity contribution in [2.75, 3.05) is 18.4 Å². The Morgan fingerprint density at radius 3 is 3.00 bits per heavy atom. The first-order valence-corrected chi connectivity index (χ1v) is 9.52. The number of nitrogens with zero attached hydrogens (tertiary/aromatic N) is 3. The maximum Gasteiger partial charge on any atom is 0.436 e. The second-order valence-corrected chi connectivity index (χ2v) is 7.25. The summed E-state index contributed by atoms with van der Waals surface area (Å²) in [6.07, 6.45) is 4.55. The molecule has 2 aliphatic heterocycles. The van der Waals surface area contributed by atoms with E-state index in [9.17, 15) is 4.79 Å². The third kappa shape index (κ3) is 2.68. The zero-order valence-corrected chi connectivity index (χ0v) is 16.2. The van der Waals surface area contributed by atoms with Gasteiger partial charge in [-0.1, -0.05) is 30.9 Å². The molecule has 0 saturated carbocycles. The van der Waals surface area contributed by atoms with E-state index in [1.165, 1.54) is 10.2 Å². The molecule has 8 heteroatoms. The molecular formula is C20H26N6O2. The van der Waals surface area contributed by atoms with E-state index < -0.39 is 11.3 Å². The van der Waals surface area contributed by atoms with Crippen molar-refractivity contribution in [3.63, 3.8) is 0 Å². The van der Waals surface area contributed by atoms with Crippen LogP contribution in [-0.4, -0.2) is 33.9 Å². The zero-order chi connectivity index (χ0) is 19.9. The lowest BCUT2D eigenvalue weighted by atomic mass is 9.72. The highest BCUT2D eigenvalue weighted by Gasteiger charge is 2.55. The quantitative estimate of drug-likeness (QED) is 0.408. The van der Waals surface area contributed by atoms with Gasteiger partial charge in [0, 0.05) is 37.0 Å². The first-order valence-electron chi connectivity index (χ1n) is 9.52. The summed E-state index contributed by atoms with van der Waals surface area (Å²) in [4.78, 5) is 12.1. The Balaban J connectivity index is 1.92. The molecule has 3 heterocycles. The van der Waals surface area contributed by atoms with Crippen molar-refractivity contribution >= 4 is 5.69 Å². The summed E-state index contributed by atoms with van der Waals surface area (Å²) < 4.78 is 6.82. The van der Waals surface area contributed by atoms with Gasteiger partial charge in [0.25, 0.3) is 0 Å². The molecule has 4 rings (SSSR count). The fourth-order valence-corrected chi connectivity index (χ4v) is 4.37. The van der Waals surface area contributed by atoms with Crippen molar-refractivity contribution in [3.8, 4) is 0 Å². The van der Waals surface area contributed by atoms with E-state index in [1.54, 1.807) is 18.1 Å². The van der Waals surface area contributed by atoms with Gasteiger partial charge in [0.05, 0.1) is 6.04 Å². The van der Waals surface area contributed by atoms with Crippen LogP contribution in [0.15, 0.2) is 57.9 Å². The molecule has 8 nitrogen and oxygen atoms in total. The number of fused-ring (bicyclic) bond motifs is 3. The number of hydrazine groups is 1. The molecule has 0 radical (unpaired) electrons. The van der Waals surface area contributed by atoms with Gasteiger partial charge in [-0.3, -0.25) is 5.32 Å². The molecule has 28 heavy (non-hydrogen) atoms. The summed E-state index contributed by atoms with van der Waals surface area (Å²) in [5.74, 6) is 6.14. The third-order valence-corrected chi connectivity index (χ3v) is 5.77. The molecule has 2 aliphatic rings. The Morgan fingerprint density at radius 1 is 1.54 bits per heavy atom. The molecule has 4 N–H and O–H groups in total. The topological polar surface area (TPSA) is 101 Å². The number of piperidine rings is 1.